The number of pyridine rings is 1. The highest BCUT2D eigenvalue weighted by atomic mass is 35.5. The number of carbonyl (C=O) groups is 1. The van der Waals surface area contributed by atoms with Gasteiger partial charge in [0.25, 0.3) is 0 Å². The summed E-state index contributed by atoms with van der Waals surface area (Å²) < 4.78 is 26.9. The second kappa shape index (κ2) is 10.2. The summed E-state index contributed by atoms with van der Waals surface area (Å²) in [5, 5.41) is 4.14. The maximum atomic E-state index is 12.2. The molecule has 1 amide bonds. The number of aromatic nitrogens is 2. The number of nitrogens with zero attached hydrogens (tertiary/aromatic N) is 1. The van der Waals surface area contributed by atoms with Crippen molar-refractivity contribution in [3.8, 4) is 11.1 Å². The van der Waals surface area contributed by atoms with E-state index < -0.39 is 10.0 Å². The molecule has 7 nitrogen and oxygen atoms in total. The molecule has 0 bridgehead atoms. The second-order valence-electron chi connectivity index (χ2n) is 7.54. The SMILES string of the molecule is O=C(CCc1ccc(-c2cnc3[nH]ccc3c2)cc1)NCCNS(=O)(=O)c1cccc(Cl)c1. The summed E-state index contributed by atoms with van der Waals surface area (Å²) in [6.07, 6.45) is 4.61. The lowest BCUT2D eigenvalue weighted by atomic mass is 10.0. The number of rotatable bonds is 9. The highest BCUT2D eigenvalue weighted by molar-refractivity contribution is 7.89. The van der Waals surface area contributed by atoms with Crippen LogP contribution in [-0.2, 0) is 21.2 Å². The Balaban J connectivity index is 1.22. The van der Waals surface area contributed by atoms with Crippen molar-refractivity contribution in [3.63, 3.8) is 0 Å². The van der Waals surface area contributed by atoms with E-state index in [4.69, 9.17) is 11.6 Å². The summed E-state index contributed by atoms with van der Waals surface area (Å²) in [5.41, 5.74) is 4.00. The fraction of sp³-hybridized carbons (Fsp3) is 0.167. The van der Waals surface area contributed by atoms with Gasteiger partial charge in [-0.25, -0.2) is 18.1 Å². The number of benzene rings is 2. The zero-order chi connectivity index (χ0) is 23.3. The van der Waals surface area contributed by atoms with E-state index in [1.807, 2.05) is 42.7 Å². The first kappa shape index (κ1) is 23.0. The van der Waals surface area contributed by atoms with Crippen molar-refractivity contribution in [1.29, 1.82) is 0 Å². The van der Waals surface area contributed by atoms with Crippen molar-refractivity contribution in [2.75, 3.05) is 13.1 Å². The molecule has 0 unspecified atom stereocenters. The first-order valence-electron chi connectivity index (χ1n) is 10.5. The smallest absolute Gasteiger partial charge is 0.240 e. The van der Waals surface area contributed by atoms with Crippen molar-refractivity contribution < 1.29 is 13.2 Å². The summed E-state index contributed by atoms with van der Waals surface area (Å²) in [5.74, 6) is -0.136. The maximum Gasteiger partial charge on any atom is 0.240 e. The van der Waals surface area contributed by atoms with Crippen molar-refractivity contribution in [1.82, 2.24) is 20.0 Å². The molecule has 9 heteroatoms. The van der Waals surface area contributed by atoms with Crippen molar-refractivity contribution in [3.05, 3.63) is 83.6 Å². The maximum absolute atomic E-state index is 12.2. The van der Waals surface area contributed by atoms with Crippen molar-refractivity contribution >= 4 is 38.6 Å². The number of hydrogen-bond acceptors (Lipinski definition) is 4. The van der Waals surface area contributed by atoms with Crippen LogP contribution in [0.25, 0.3) is 22.2 Å². The quantitative estimate of drug-likeness (QED) is 0.314. The molecular weight excluding hydrogens is 460 g/mol. The number of sulfonamides is 1. The van der Waals surface area contributed by atoms with E-state index in [0.29, 0.717) is 17.9 Å². The zero-order valence-corrected chi connectivity index (χ0v) is 19.3. The molecule has 0 saturated carbocycles. The first-order valence-corrected chi connectivity index (χ1v) is 12.3. The molecule has 33 heavy (non-hydrogen) atoms. The number of carbonyl (C=O) groups excluding carboxylic acids is 1. The monoisotopic (exact) mass is 482 g/mol. The molecular formula is C24H23ClN4O3S. The van der Waals surface area contributed by atoms with Crippen LogP contribution in [0, 0.1) is 0 Å². The minimum absolute atomic E-state index is 0.0913. The van der Waals surface area contributed by atoms with Gasteiger partial charge in [-0.3, -0.25) is 4.79 Å². The molecule has 3 N–H and O–H groups in total. The lowest BCUT2D eigenvalue weighted by molar-refractivity contribution is -0.121. The van der Waals surface area contributed by atoms with Crippen LogP contribution in [0.1, 0.15) is 12.0 Å². The largest absolute Gasteiger partial charge is 0.355 e. The van der Waals surface area contributed by atoms with Crippen LogP contribution in [0.2, 0.25) is 5.02 Å². The van der Waals surface area contributed by atoms with Gasteiger partial charge in [0.1, 0.15) is 5.65 Å². The molecule has 4 rings (SSSR count). The third-order valence-electron chi connectivity index (χ3n) is 5.17. The standard InChI is InChI=1S/C24H23ClN4O3S/c25-21-2-1-3-22(15-21)33(31,32)29-13-12-26-23(30)9-6-17-4-7-18(8-5-17)20-14-19-10-11-27-24(19)28-16-20/h1-5,7-8,10-11,14-16,29H,6,9,12-13H2,(H,26,30)(H,27,28). The van der Waals surface area contributed by atoms with Crippen molar-refractivity contribution in [2.24, 2.45) is 0 Å². The number of amides is 1. The van der Waals surface area contributed by atoms with Gasteiger partial charge in [0, 0.05) is 47.9 Å². The van der Waals surface area contributed by atoms with Crippen LogP contribution < -0.4 is 10.0 Å². The molecule has 0 aliphatic heterocycles. The minimum atomic E-state index is -3.66. The lowest BCUT2D eigenvalue weighted by Crippen LogP contribution is -2.34. The van der Waals surface area contributed by atoms with Gasteiger partial charge in [0.2, 0.25) is 15.9 Å². The number of aromatic amines is 1. The Kier molecular flexibility index (Phi) is 7.08. The highest BCUT2D eigenvalue weighted by Crippen LogP contribution is 2.23. The molecule has 0 aliphatic carbocycles. The molecule has 170 valence electrons. The first-order chi connectivity index (χ1) is 15.9. The number of halogens is 1. The van der Waals surface area contributed by atoms with E-state index in [-0.39, 0.29) is 23.9 Å². The van der Waals surface area contributed by atoms with E-state index in [1.165, 1.54) is 12.1 Å². The second-order valence-corrected chi connectivity index (χ2v) is 9.74. The Bertz CT molecular complexity index is 1370. The molecule has 0 atom stereocenters. The third-order valence-corrected chi connectivity index (χ3v) is 6.87. The van der Waals surface area contributed by atoms with Gasteiger partial charge in [-0.1, -0.05) is 41.9 Å². The predicted molar refractivity (Wildman–Crippen MR) is 130 cm³/mol. The van der Waals surface area contributed by atoms with Gasteiger partial charge in [-0.2, -0.15) is 0 Å². The van der Waals surface area contributed by atoms with Gasteiger partial charge in [0.15, 0.2) is 0 Å². The highest BCUT2D eigenvalue weighted by Gasteiger charge is 2.13. The number of H-pyrrole nitrogens is 1. The number of hydrogen-bond donors (Lipinski definition) is 3. The molecule has 0 saturated heterocycles. The zero-order valence-electron chi connectivity index (χ0n) is 17.7. The molecule has 2 heterocycles. The summed E-state index contributed by atoms with van der Waals surface area (Å²) in [4.78, 5) is 19.7. The van der Waals surface area contributed by atoms with Crippen LogP contribution in [0.4, 0.5) is 0 Å². The van der Waals surface area contributed by atoms with Crippen LogP contribution in [0.15, 0.2) is 78.0 Å². The van der Waals surface area contributed by atoms with E-state index >= 15 is 0 Å². The van der Waals surface area contributed by atoms with E-state index in [1.54, 1.807) is 12.1 Å². The molecule has 2 aromatic carbocycles. The van der Waals surface area contributed by atoms with Crippen molar-refractivity contribution in [2.45, 2.75) is 17.7 Å². The van der Waals surface area contributed by atoms with E-state index in [2.05, 4.69) is 26.1 Å². The Morgan fingerprint density at radius 2 is 1.82 bits per heavy atom. The predicted octanol–water partition coefficient (Wildman–Crippen LogP) is 3.91. The van der Waals surface area contributed by atoms with Gasteiger partial charge in [-0.15, -0.1) is 0 Å². The number of fused-ring (bicyclic) bond motifs is 1. The van der Waals surface area contributed by atoms with Gasteiger partial charge in [-0.05, 0) is 47.9 Å². The average molecular weight is 483 g/mol. The topological polar surface area (TPSA) is 104 Å². The Morgan fingerprint density at radius 1 is 1.00 bits per heavy atom. The number of nitrogens with one attached hydrogen (secondary N) is 3. The van der Waals surface area contributed by atoms with Gasteiger partial charge in [0.05, 0.1) is 4.90 Å². The van der Waals surface area contributed by atoms with E-state index in [9.17, 15) is 13.2 Å². The summed E-state index contributed by atoms with van der Waals surface area (Å²) >= 11 is 5.84. The van der Waals surface area contributed by atoms with Crippen LogP contribution >= 0.6 is 11.6 Å². The van der Waals surface area contributed by atoms with Gasteiger partial charge < -0.3 is 10.3 Å². The molecule has 0 fully saturated rings. The van der Waals surface area contributed by atoms with Gasteiger partial charge >= 0.3 is 0 Å². The Hall–Kier alpha value is -3.20. The molecule has 4 aromatic rings. The van der Waals surface area contributed by atoms with Crippen LogP contribution in [0.3, 0.4) is 0 Å². The van der Waals surface area contributed by atoms with E-state index in [0.717, 1.165) is 27.7 Å². The average Bonchev–Trinajstić information content (AvgIpc) is 3.29. The lowest BCUT2D eigenvalue weighted by Gasteiger charge is -2.09. The molecule has 0 aliphatic rings. The Morgan fingerprint density at radius 3 is 2.61 bits per heavy atom. The molecule has 0 spiro atoms. The normalized spacial score (nSPS) is 11.5. The minimum Gasteiger partial charge on any atom is -0.355 e. The fourth-order valence-corrected chi connectivity index (χ4v) is 4.74. The summed E-state index contributed by atoms with van der Waals surface area (Å²) in [6, 6.07) is 18.1. The third kappa shape index (κ3) is 5.98. The number of aryl methyl sites for hydroxylation is 1. The van der Waals surface area contributed by atoms with Crippen LogP contribution in [-0.4, -0.2) is 37.4 Å². The van der Waals surface area contributed by atoms with Crippen LogP contribution in [0.5, 0.6) is 0 Å². The molecule has 2 aromatic heterocycles. The Labute approximate surface area is 197 Å². The molecule has 0 radical (unpaired) electrons. The summed E-state index contributed by atoms with van der Waals surface area (Å²) in [7, 11) is -3.66. The fourth-order valence-electron chi connectivity index (χ4n) is 3.41. The summed E-state index contributed by atoms with van der Waals surface area (Å²) in [6.45, 7) is 0.293.